The molecule has 100 valence electrons. The lowest BCUT2D eigenvalue weighted by molar-refractivity contribution is 0.0988. The van der Waals surface area contributed by atoms with Crippen molar-refractivity contribution < 1.29 is 4.79 Å². The van der Waals surface area contributed by atoms with Gasteiger partial charge in [-0.2, -0.15) is 5.26 Å². The molecule has 2 aromatic rings. The Labute approximate surface area is 118 Å². The van der Waals surface area contributed by atoms with Crippen LogP contribution in [-0.2, 0) is 6.54 Å². The molecule has 0 aliphatic heterocycles. The second-order valence-corrected chi connectivity index (χ2v) is 4.52. The molecule has 0 amide bonds. The maximum absolute atomic E-state index is 11.5. The standard InChI is InChI=1S/C17H16N2O/c1-2-17(20)15-7-9-16(10-8-15)19-12-14-5-3-13(11-18)4-6-14/h3-10,19H,2,12H2,1H3. The van der Waals surface area contributed by atoms with Crippen LogP contribution in [0.3, 0.4) is 0 Å². The lowest BCUT2D eigenvalue weighted by Gasteiger charge is -2.07. The first kappa shape index (κ1) is 13.8. The van der Waals surface area contributed by atoms with Crippen LogP contribution in [0.4, 0.5) is 5.69 Å². The number of Topliss-reactive ketones (excluding diaryl/α,β-unsaturated/α-hetero) is 1. The van der Waals surface area contributed by atoms with E-state index in [1.165, 1.54) is 0 Å². The average molecular weight is 264 g/mol. The molecule has 0 fully saturated rings. The molecule has 3 nitrogen and oxygen atoms in total. The lowest BCUT2D eigenvalue weighted by atomic mass is 10.1. The number of ketones is 1. The van der Waals surface area contributed by atoms with E-state index >= 15 is 0 Å². The fourth-order valence-electron chi connectivity index (χ4n) is 1.88. The molecule has 0 aliphatic carbocycles. The molecular weight excluding hydrogens is 248 g/mol. The van der Waals surface area contributed by atoms with E-state index in [4.69, 9.17) is 5.26 Å². The summed E-state index contributed by atoms with van der Waals surface area (Å²) in [5.74, 6) is 0.156. The summed E-state index contributed by atoms with van der Waals surface area (Å²) in [4.78, 5) is 11.5. The molecule has 0 radical (unpaired) electrons. The molecule has 0 aliphatic rings. The minimum Gasteiger partial charge on any atom is -0.381 e. The van der Waals surface area contributed by atoms with E-state index in [0.717, 1.165) is 16.8 Å². The van der Waals surface area contributed by atoms with Gasteiger partial charge in [-0.15, -0.1) is 0 Å². The molecule has 0 spiro atoms. The van der Waals surface area contributed by atoms with Gasteiger partial charge in [0, 0.05) is 24.2 Å². The molecule has 0 heterocycles. The largest absolute Gasteiger partial charge is 0.381 e. The van der Waals surface area contributed by atoms with E-state index in [9.17, 15) is 4.79 Å². The Morgan fingerprint density at radius 2 is 1.75 bits per heavy atom. The van der Waals surface area contributed by atoms with Crippen molar-refractivity contribution in [1.82, 2.24) is 0 Å². The Balaban J connectivity index is 1.96. The van der Waals surface area contributed by atoms with Gasteiger partial charge in [0.15, 0.2) is 5.78 Å². The van der Waals surface area contributed by atoms with Gasteiger partial charge in [-0.3, -0.25) is 4.79 Å². The number of nitrogens with one attached hydrogen (secondary N) is 1. The van der Waals surface area contributed by atoms with Crippen LogP contribution in [0.5, 0.6) is 0 Å². The second-order valence-electron chi connectivity index (χ2n) is 4.52. The number of benzene rings is 2. The van der Waals surface area contributed by atoms with Gasteiger partial charge in [0.1, 0.15) is 0 Å². The van der Waals surface area contributed by atoms with Gasteiger partial charge in [0.05, 0.1) is 11.6 Å². The maximum atomic E-state index is 11.5. The quantitative estimate of drug-likeness (QED) is 0.836. The first-order valence-corrected chi connectivity index (χ1v) is 6.59. The molecule has 0 unspecified atom stereocenters. The van der Waals surface area contributed by atoms with Gasteiger partial charge >= 0.3 is 0 Å². The summed E-state index contributed by atoms with van der Waals surface area (Å²) >= 11 is 0. The number of nitrogens with zero attached hydrogens (tertiary/aromatic N) is 1. The maximum Gasteiger partial charge on any atom is 0.162 e. The minimum atomic E-state index is 0.156. The second kappa shape index (κ2) is 6.53. The first-order valence-electron chi connectivity index (χ1n) is 6.59. The zero-order valence-corrected chi connectivity index (χ0v) is 11.4. The third-order valence-electron chi connectivity index (χ3n) is 3.11. The summed E-state index contributed by atoms with van der Waals surface area (Å²) < 4.78 is 0. The molecule has 1 N–H and O–H groups in total. The highest BCUT2D eigenvalue weighted by molar-refractivity contribution is 5.96. The van der Waals surface area contributed by atoms with Crippen LogP contribution in [0.25, 0.3) is 0 Å². The zero-order valence-electron chi connectivity index (χ0n) is 11.4. The van der Waals surface area contributed by atoms with Crippen molar-refractivity contribution in [1.29, 1.82) is 5.26 Å². The van der Waals surface area contributed by atoms with E-state index in [2.05, 4.69) is 11.4 Å². The zero-order chi connectivity index (χ0) is 14.4. The van der Waals surface area contributed by atoms with Crippen LogP contribution < -0.4 is 5.32 Å². The van der Waals surface area contributed by atoms with Crippen LogP contribution in [0, 0.1) is 11.3 Å². The molecule has 0 aromatic heterocycles. The third kappa shape index (κ3) is 3.46. The van der Waals surface area contributed by atoms with Gasteiger partial charge in [0.2, 0.25) is 0 Å². The highest BCUT2D eigenvalue weighted by Gasteiger charge is 2.02. The van der Waals surface area contributed by atoms with E-state index in [-0.39, 0.29) is 5.78 Å². The predicted molar refractivity (Wildman–Crippen MR) is 79.5 cm³/mol. The summed E-state index contributed by atoms with van der Waals surface area (Å²) in [5.41, 5.74) is 3.49. The molecule has 0 saturated carbocycles. The molecule has 0 atom stereocenters. The fourth-order valence-corrected chi connectivity index (χ4v) is 1.88. The Morgan fingerprint density at radius 1 is 1.10 bits per heavy atom. The number of hydrogen-bond donors (Lipinski definition) is 1. The van der Waals surface area contributed by atoms with Crippen molar-refractivity contribution in [2.75, 3.05) is 5.32 Å². The van der Waals surface area contributed by atoms with Crippen LogP contribution in [0.1, 0.15) is 34.8 Å². The van der Waals surface area contributed by atoms with E-state index in [1.54, 1.807) is 12.1 Å². The minimum absolute atomic E-state index is 0.156. The Morgan fingerprint density at radius 3 is 2.30 bits per heavy atom. The predicted octanol–water partition coefficient (Wildman–Crippen LogP) is 3.76. The van der Waals surface area contributed by atoms with Crippen molar-refractivity contribution in [3.8, 4) is 6.07 Å². The SMILES string of the molecule is CCC(=O)c1ccc(NCc2ccc(C#N)cc2)cc1. The molecule has 20 heavy (non-hydrogen) atoms. The van der Waals surface area contributed by atoms with E-state index in [0.29, 0.717) is 18.5 Å². The average Bonchev–Trinajstić information content (AvgIpc) is 2.53. The van der Waals surface area contributed by atoms with Gasteiger partial charge in [-0.05, 0) is 42.0 Å². The highest BCUT2D eigenvalue weighted by Crippen LogP contribution is 2.13. The van der Waals surface area contributed by atoms with Crippen LogP contribution in [0.15, 0.2) is 48.5 Å². The number of carbonyl (C=O) groups is 1. The van der Waals surface area contributed by atoms with Gasteiger partial charge in [-0.25, -0.2) is 0 Å². The smallest absolute Gasteiger partial charge is 0.162 e. The van der Waals surface area contributed by atoms with Crippen molar-refractivity contribution in [3.63, 3.8) is 0 Å². The molecule has 0 saturated heterocycles. The molecule has 3 heteroatoms. The van der Waals surface area contributed by atoms with Crippen LogP contribution in [-0.4, -0.2) is 5.78 Å². The molecule has 2 aromatic carbocycles. The van der Waals surface area contributed by atoms with Crippen LogP contribution in [0.2, 0.25) is 0 Å². The van der Waals surface area contributed by atoms with E-state index < -0.39 is 0 Å². The summed E-state index contributed by atoms with van der Waals surface area (Å²) in [6.45, 7) is 2.55. The summed E-state index contributed by atoms with van der Waals surface area (Å²) in [6, 6.07) is 17.1. The first-order chi connectivity index (χ1) is 9.72. The van der Waals surface area contributed by atoms with Crippen molar-refractivity contribution in [3.05, 3.63) is 65.2 Å². The lowest BCUT2D eigenvalue weighted by Crippen LogP contribution is -2.01. The van der Waals surface area contributed by atoms with Crippen molar-refractivity contribution in [2.24, 2.45) is 0 Å². The third-order valence-corrected chi connectivity index (χ3v) is 3.11. The summed E-state index contributed by atoms with van der Waals surface area (Å²) in [7, 11) is 0. The monoisotopic (exact) mass is 264 g/mol. The number of nitriles is 1. The number of anilines is 1. The van der Waals surface area contributed by atoms with Gasteiger partial charge < -0.3 is 5.32 Å². The summed E-state index contributed by atoms with van der Waals surface area (Å²) in [6.07, 6.45) is 0.526. The van der Waals surface area contributed by atoms with Gasteiger partial charge in [0.25, 0.3) is 0 Å². The fraction of sp³-hybridized carbons (Fsp3) is 0.176. The molecule has 0 bridgehead atoms. The van der Waals surface area contributed by atoms with Crippen molar-refractivity contribution >= 4 is 11.5 Å². The summed E-state index contributed by atoms with van der Waals surface area (Å²) in [5, 5.41) is 12.0. The Kier molecular flexibility index (Phi) is 4.52. The molecular formula is C17H16N2O. The van der Waals surface area contributed by atoms with Gasteiger partial charge in [-0.1, -0.05) is 19.1 Å². The highest BCUT2D eigenvalue weighted by atomic mass is 16.1. The molecule has 2 rings (SSSR count). The Hall–Kier alpha value is -2.60. The number of rotatable bonds is 5. The number of hydrogen-bond acceptors (Lipinski definition) is 3. The van der Waals surface area contributed by atoms with Crippen molar-refractivity contribution in [2.45, 2.75) is 19.9 Å². The normalized spacial score (nSPS) is 9.80. The van der Waals surface area contributed by atoms with Crippen LogP contribution >= 0.6 is 0 Å². The Bertz CT molecular complexity index is 622. The topological polar surface area (TPSA) is 52.9 Å². The number of carbonyl (C=O) groups excluding carboxylic acids is 1. The van der Waals surface area contributed by atoms with E-state index in [1.807, 2.05) is 43.3 Å².